The van der Waals surface area contributed by atoms with Crippen LogP contribution in [0.15, 0.2) is 0 Å². The number of hydrogen-bond acceptors (Lipinski definition) is 6. The second kappa shape index (κ2) is 5.95. The van der Waals surface area contributed by atoms with Gasteiger partial charge in [0.1, 0.15) is 0 Å². The van der Waals surface area contributed by atoms with Crippen LogP contribution in [0.1, 0.15) is 12.8 Å². The van der Waals surface area contributed by atoms with Gasteiger partial charge in [0.05, 0.1) is 21.0 Å². The molecule has 0 aromatic carbocycles. The van der Waals surface area contributed by atoms with Gasteiger partial charge in [-0.1, -0.05) is 0 Å². The highest BCUT2D eigenvalue weighted by Gasteiger charge is 2.12. The van der Waals surface area contributed by atoms with Gasteiger partial charge in [0.15, 0.2) is 0 Å². The number of hydrogen-bond donors (Lipinski definition) is 2. The first-order valence-electron chi connectivity index (χ1n) is 3.57. The average molecular weight is 248 g/mol. The van der Waals surface area contributed by atoms with Crippen LogP contribution in [0.3, 0.4) is 0 Å². The van der Waals surface area contributed by atoms with Crippen molar-refractivity contribution in [2.75, 3.05) is 13.2 Å². The zero-order valence-electron chi connectivity index (χ0n) is 7.07. The van der Waals surface area contributed by atoms with E-state index in [0.29, 0.717) is 0 Å². The molecule has 0 aliphatic heterocycles. The fourth-order valence-corrected chi connectivity index (χ4v) is 1.28. The smallest absolute Gasteiger partial charge is 0.469 e. The van der Waals surface area contributed by atoms with E-state index in [4.69, 9.17) is 9.79 Å². The molecule has 14 heavy (non-hydrogen) atoms. The van der Waals surface area contributed by atoms with E-state index in [9.17, 15) is 18.9 Å². The van der Waals surface area contributed by atoms with Gasteiger partial charge in [0.2, 0.25) is 0 Å². The standard InChI is InChI=1S/C4H12O8P2/c5-13(6,7)11-3-1-2-4-12-14(8,9)10/h1-4H2,(H2,5,6,7)(H2,8,9,10)/p-2. The van der Waals surface area contributed by atoms with Crippen molar-refractivity contribution in [1.29, 1.82) is 0 Å². The molecule has 0 unspecified atom stereocenters. The molecule has 0 atom stereocenters. The summed E-state index contributed by atoms with van der Waals surface area (Å²) in [4.78, 5) is 36.3. The summed E-state index contributed by atoms with van der Waals surface area (Å²) in [7, 11) is -9.41. The Labute approximate surface area is 80.3 Å². The minimum absolute atomic E-state index is 0.161. The molecule has 10 heteroatoms. The number of unbranched alkanes of at least 4 members (excludes halogenated alkanes) is 1. The van der Waals surface area contributed by atoms with Crippen LogP contribution in [-0.4, -0.2) is 23.0 Å². The van der Waals surface area contributed by atoms with Gasteiger partial charge in [0, 0.05) is 0 Å². The number of phosphoric acid groups is 2. The van der Waals surface area contributed by atoms with Gasteiger partial charge in [-0.05, 0) is 12.8 Å². The van der Waals surface area contributed by atoms with Crippen LogP contribution in [0.4, 0.5) is 0 Å². The van der Waals surface area contributed by atoms with E-state index in [1.54, 1.807) is 0 Å². The van der Waals surface area contributed by atoms with Crippen LogP contribution in [0.5, 0.6) is 0 Å². The molecule has 0 aromatic rings. The summed E-state index contributed by atoms with van der Waals surface area (Å²) in [5, 5.41) is 0. The molecule has 0 heterocycles. The Bertz CT molecular complexity index is 214. The second-order valence-corrected chi connectivity index (χ2v) is 4.70. The summed E-state index contributed by atoms with van der Waals surface area (Å²) in [5.74, 6) is 0. The molecule has 2 N–H and O–H groups in total. The number of phosphoric ester groups is 2. The second-order valence-electron chi connectivity index (χ2n) is 2.31. The SMILES string of the molecule is O=P([O-])([O-])OCCCCOP(=O)(O)O. The molecule has 0 rings (SSSR count). The van der Waals surface area contributed by atoms with Crippen molar-refractivity contribution in [3.8, 4) is 0 Å². The van der Waals surface area contributed by atoms with Crippen LogP contribution in [0, 0.1) is 0 Å². The summed E-state index contributed by atoms with van der Waals surface area (Å²) in [6.07, 6.45) is 0.347. The third kappa shape index (κ3) is 12.2. The van der Waals surface area contributed by atoms with Crippen LogP contribution in [0.25, 0.3) is 0 Å². The van der Waals surface area contributed by atoms with E-state index in [-0.39, 0.29) is 26.1 Å². The van der Waals surface area contributed by atoms with Gasteiger partial charge in [-0.2, -0.15) is 0 Å². The average Bonchev–Trinajstić information content (AvgIpc) is 1.92. The molecule has 0 bridgehead atoms. The lowest BCUT2D eigenvalue weighted by Gasteiger charge is -2.28. The molecule has 0 radical (unpaired) electrons. The summed E-state index contributed by atoms with van der Waals surface area (Å²) in [6, 6.07) is 0. The normalized spacial score (nSPS) is 13.1. The summed E-state index contributed by atoms with van der Waals surface area (Å²) in [6.45, 7) is -0.537. The van der Waals surface area contributed by atoms with Crippen molar-refractivity contribution < 1.29 is 37.8 Å². The topological polar surface area (TPSA) is 139 Å². The van der Waals surface area contributed by atoms with Gasteiger partial charge in [0.25, 0.3) is 0 Å². The quantitative estimate of drug-likeness (QED) is 0.419. The van der Waals surface area contributed by atoms with E-state index >= 15 is 0 Å². The number of rotatable bonds is 7. The van der Waals surface area contributed by atoms with Crippen molar-refractivity contribution >= 4 is 15.6 Å². The van der Waals surface area contributed by atoms with Gasteiger partial charge >= 0.3 is 7.82 Å². The minimum atomic E-state index is -4.94. The Kier molecular flexibility index (Phi) is 6.04. The van der Waals surface area contributed by atoms with E-state index in [0.717, 1.165) is 0 Å². The van der Waals surface area contributed by atoms with Gasteiger partial charge in [-0.3, -0.25) is 4.52 Å². The third-order valence-electron chi connectivity index (χ3n) is 1.05. The lowest BCUT2D eigenvalue weighted by Crippen LogP contribution is -2.16. The highest BCUT2D eigenvalue weighted by atomic mass is 31.2. The van der Waals surface area contributed by atoms with Crippen molar-refractivity contribution in [2.24, 2.45) is 0 Å². The van der Waals surface area contributed by atoms with E-state index in [1.807, 2.05) is 0 Å². The fraction of sp³-hybridized carbons (Fsp3) is 1.00. The monoisotopic (exact) mass is 248 g/mol. The predicted molar refractivity (Wildman–Crippen MR) is 40.8 cm³/mol. The predicted octanol–water partition coefficient (Wildman–Crippen LogP) is -1.28. The van der Waals surface area contributed by atoms with Crippen LogP contribution < -0.4 is 9.79 Å². The molecule has 0 aromatic heterocycles. The first-order chi connectivity index (χ1) is 6.21. The molecule has 86 valence electrons. The van der Waals surface area contributed by atoms with E-state index < -0.39 is 15.6 Å². The Morgan fingerprint density at radius 2 is 1.43 bits per heavy atom. The molecule has 8 nitrogen and oxygen atoms in total. The molecule has 0 aliphatic rings. The summed E-state index contributed by atoms with van der Waals surface area (Å²) in [5.41, 5.74) is 0. The van der Waals surface area contributed by atoms with Crippen LogP contribution in [-0.2, 0) is 18.2 Å². The van der Waals surface area contributed by atoms with Gasteiger partial charge < -0.3 is 28.7 Å². The third-order valence-corrected chi connectivity index (χ3v) is 2.07. The Morgan fingerprint density at radius 3 is 1.79 bits per heavy atom. The molecule has 0 spiro atoms. The van der Waals surface area contributed by atoms with Crippen molar-refractivity contribution in [2.45, 2.75) is 12.8 Å². The maximum atomic E-state index is 10.1. The summed E-state index contributed by atoms with van der Waals surface area (Å²) < 4.78 is 27.9. The molecule has 0 amide bonds. The lowest BCUT2D eigenvalue weighted by atomic mass is 10.3. The van der Waals surface area contributed by atoms with Gasteiger partial charge in [-0.25, -0.2) is 4.57 Å². The minimum Gasteiger partial charge on any atom is -0.790 e. The van der Waals surface area contributed by atoms with Crippen molar-refractivity contribution in [1.82, 2.24) is 0 Å². The highest BCUT2D eigenvalue weighted by molar-refractivity contribution is 7.46. The molecular weight excluding hydrogens is 238 g/mol. The van der Waals surface area contributed by atoms with E-state index in [1.165, 1.54) is 0 Å². The van der Waals surface area contributed by atoms with Gasteiger partial charge in [-0.15, -0.1) is 0 Å². The molecular formula is C4H10O8P2-2. The largest absolute Gasteiger partial charge is 0.790 e. The molecule has 0 aliphatic carbocycles. The van der Waals surface area contributed by atoms with Crippen LogP contribution >= 0.6 is 15.6 Å². The molecule has 0 saturated carbocycles. The Morgan fingerprint density at radius 1 is 1.00 bits per heavy atom. The fourth-order valence-electron chi connectivity index (χ4n) is 0.564. The zero-order valence-corrected chi connectivity index (χ0v) is 8.86. The van der Waals surface area contributed by atoms with Crippen LogP contribution in [0.2, 0.25) is 0 Å². The molecule has 0 fully saturated rings. The Hall–Kier alpha value is 0.220. The highest BCUT2D eigenvalue weighted by Crippen LogP contribution is 2.35. The summed E-state index contributed by atoms with van der Waals surface area (Å²) >= 11 is 0. The van der Waals surface area contributed by atoms with Crippen molar-refractivity contribution in [3.63, 3.8) is 0 Å². The lowest BCUT2D eigenvalue weighted by molar-refractivity contribution is -0.341. The van der Waals surface area contributed by atoms with E-state index in [2.05, 4.69) is 9.05 Å². The maximum absolute atomic E-state index is 10.1. The maximum Gasteiger partial charge on any atom is 0.469 e. The molecule has 0 saturated heterocycles. The first kappa shape index (κ1) is 14.2. The Balaban J connectivity index is 3.32. The first-order valence-corrected chi connectivity index (χ1v) is 6.56. The zero-order chi connectivity index (χ0) is 11.2. The van der Waals surface area contributed by atoms with Crippen molar-refractivity contribution in [3.05, 3.63) is 0 Å².